The van der Waals surface area contributed by atoms with Gasteiger partial charge in [-0.05, 0) is 50.0 Å². The maximum atomic E-state index is 13.0. The van der Waals surface area contributed by atoms with Gasteiger partial charge >= 0.3 is 0 Å². The van der Waals surface area contributed by atoms with Crippen LogP contribution in [0.5, 0.6) is 0 Å². The Balaban J connectivity index is 1.78. The minimum atomic E-state index is -3.51. The van der Waals surface area contributed by atoms with E-state index in [0.29, 0.717) is 34.9 Å². The molecule has 0 radical (unpaired) electrons. The summed E-state index contributed by atoms with van der Waals surface area (Å²) in [5.41, 5.74) is 3.03. The summed E-state index contributed by atoms with van der Waals surface area (Å²) in [6, 6.07) is 19.9. The molecule has 0 aliphatic carbocycles. The lowest BCUT2D eigenvalue weighted by Crippen LogP contribution is -2.35. The monoisotopic (exact) mass is 521 g/mol. The number of non-ortho nitro benzene ring substituents is 1. The highest BCUT2D eigenvalue weighted by atomic mass is 32.2. The van der Waals surface area contributed by atoms with Crippen molar-refractivity contribution in [2.24, 2.45) is 4.99 Å². The second-order valence-electron chi connectivity index (χ2n) is 8.97. The number of hydrogen-bond donors (Lipinski definition) is 1. The summed E-state index contributed by atoms with van der Waals surface area (Å²) in [6.45, 7) is 0.826. The van der Waals surface area contributed by atoms with Crippen molar-refractivity contribution < 1.29 is 18.1 Å². The van der Waals surface area contributed by atoms with Crippen LogP contribution in [0.1, 0.15) is 17.0 Å². The average Bonchev–Trinajstić information content (AvgIpc) is 3.18. The number of likely N-dealkylation sites (N-methyl/N-ethyl adjacent to an activating group) is 1. The minimum Gasteiger partial charge on any atom is -0.325 e. The van der Waals surface area contributed by atoms with Gasteiger partial charge in [-0.1, -0.05) is 30.3 Å². The largest absolute Gasteiger partial charge is 0.325 e. The Morgan fingerprint density at radius 2 is 1.73 bits per heavy atom. The zero-order valence-corrected chi connectivity index (χ0v) is 21.5. The van der Waals surface area contributed by atoms with E-state index >= 15 is 0 Å². The third kappa shape index (κ3) is 5.84. The number of carbonyl (C=O) groups is 1. The van der Waals surface area contributed by atoms with E-state index in [0.717, 1.165) is 11.8 Å². The average molecular weight is 522 g/mol. The Kier molecular flexibility index (Phi) is 7.37. The van der Waals surface area contributed by atoms with E-state index in [2.05, 4.69) is 5.32 Å². The Morgan fingerprint density at radius 1 is 1.03 bits per heavy atom. The summed E-state index contributed by atoms with van der Waals surface area (Å²) in [7, 11) is 0.227. The van der Waals surface area contributed by atoms with Gasteiger partial charge in [0, 0.05) is 36.5 Å². The van der Waals surface area contributed by atoms with Gasteiger partial charge in [-0.25, -0.2) is 8.42 Å². The molecule has 37 heavy (non-hydrogen) atoms. The molecule has 1 amide bonds. The molecule has 3 aromatic carbocycles. The number of nitrogens with zero attached hydrogens (tertiary/aromatic N) is 4. The molecule has 1 aliphatic heterocycles. The Hall–Kier alpha value is -4.09. The van der Waals surface area contributed by atoms with Crippen LogP contribution < -0.4 is 9.62 Å². The van der Waals surface area contributed by atoms with Crippen LogP contribution in [0, 0.1) is 10.1 Å². The number of aliphatic imine (C=N–C) groups is 1. The minimum absolute atomic E-state index is 0.114. The molecule has 0 fully saturated rings. The van der Waals surface area contributed by atoms with Crippen LogP contribution >= 0.6 is 0 Å². The van der Waals surface area contributed by atoms with Gasteiger partial charge in [-0.3, -0.25) is 24.2 Å². The molecule has 0 spiro atoms. The van der Waals surface area contributed by atoms with Crippen molar-refractivity contribution in [2.45, 2.75) is 5.92 Å². The maximum absolute atomic E-state index is 13.0. The lowest BCUT2D eigenvalue weighted by atomic mass is 9.90. The normalized spacial score (nSPS) is 15.4. The number of amides is 1. The standard InChI is InChI=1S/C26H27N5O5S/c1-29(2)15-16-30(37(3,35)36)20-13-11-19(12-14-20)27-25(18-7-6-8-21(17-18)31(33)34)24-22-9-4-5-10-23(22)28-26(24)32/h4-14,17,24H,15-16H2,1-3H3,(H,28,32). The van der Waals surface area contributed by atoms with E-state index < -0.39 is 20.9 Å². The molecule has 3 aromatic rings. The fourth-order valence-electron chi connectivity index (χ4n) is 4.16. The molecule has 0 aromatic heterocycles. The number of hydrogen-bond acceptors (Lipinski definition) is 7. The third-order valence-corrected chi connectivity index (χ3v) is 7.15. The van der Waals surface area contributed by atoms with Crippen molar-refractivity contribution in [2.75, 3.05) is 43.1 Å². The first-order chi connectivity index (χ1) is 17.5. The van der Waals surface area contributed by atoms with E-state index in [1.807, 2.05) is 37.2 Å². The molecule has 1 aliphatic rings. The highest BCUT2D eigenvalue weighted by Crippen LogP contribution is 2.36. The van der Waals surface area contributed by atoms with Crippen molar-refractivity contribution >= 4 is 44.4 Å². The highest BCUT2D eigenvalue weighted by Gasteiger charge is 2.35. The molecule has 1 N–H and O–H groups in total. The SMILES string of the molecule is CN(C)CCN(c1ccc(N=C(c2cccc([N+](=O)[O-])c2)C2C(=O)Nc3ccccc32)cc1)S(C)(=O)=O. The van der Waals surface area contributed by atoms with Crippen LogP contribution in [0.3, 0.4) is 0 Å². The molecule has 1 heterocycles. The molecular formula is C26H27N5O5S. The van der Waals surface area contributed by atoms with E-state index in [-0.39, 0.29) is 18.1 Å². The summed E-state index contributed by atoms with van der Waals surface area (Å²) in [5.74, 6) is -1.06. The molecule has 11 heteroatoms. The number of nitro benzene ring substituents is 1. The molecule has 1 atom stereocenters. The van der Waals surface area contributed by atoms with Crippen LogP contribution in [-0.4, -0.2) is 63.3 Å². The fraction of sp³-hybridized carbons (Fsp3) is 0.231. The van der Waals surface area contributed by atoms with Crippen molar-refractivity contribution in [3.05, 3.63) is 94.0 Å². The Bertz CT molecular complexity index is 1470. The molecular weight excluding hydrogens is 494 g/mol. The number of rotatable bonds is 9. The number of sulfonamides is 1. The number of nitrogens with one attached hydrogen (secondary N) is 1. The van der Waals surface area contributed by atoms with E-state index in [1.54, 1.807) is 42.5 Å². The number of carbonyl (C=O) groups excluding carboxylic acids is 1. The van der Waals surface area contributed by atoms with Gasteiger partial charge in [0.05, 0.1) is 28.3 Å². The van der Waals surface area contributed by atoms with Gasteiger partial charge in [0.1, 0.15) is 5.92 Å². The quantitative estimate of drug-likeness (QED) is 0.260. The van der Waals surface area contributed by atoms with Crippen LogP contribution in [0.4, 0.5) is 22.7 Å². The molecule has 0 saturated carbocycles. The van der Waals surface area contributed by atoms with Crippen LogP contribution in [0.15, 0.2) is 77.8 Å². The fourth-order valence-corrected chi connectivity index (χ4v) is 5.08. The lowest BCUT2D eigenvalue weighted by Gasteiger charge is -2.24. The second-order valence-corrected chi connectivity index (χ2v) is 10.9. The van der Waals surface area contributed by atoms with Crippen molar-refractivity contribution in [1.82, 2.24) is 4.90 Å². The summed E-state index contributed by atoms with van der Waals surface area (Å²) in [4.78, 5) is 30.6. The Morgan fingerprint density at radius 3 is 2.38 bits per heavy atom. The molecule has 10 nitrogen and oxygen atoms in total. The number of para-hydroxylation sites is 1. The number of nitro groups is 1. The van der Waals surface area contributed by atoms with Crippen molar-refractivity contribution in [3.8, 4) is 0 Å². The van der Waals surface area contributed by atoms with E-state index in [1.165, 1.54) is 16.4 Å². The Labute approximate surface area is 215 Å². The number of anilines is 2. The highest BCUT2D eigenvalue weighted by molar-refractivity contribution is 7.92. The zero-order valence-electron chi connectivity index (χ0n) is 20.7. The topological polar surface area (TPSA) is 125 Å². The molecule has 0 saturated heterocycles. The first-order valence-corrected chi connectivity index (χ1v) is 13.3. The summed E-state index contributed by atoms with van der Waals surface area (Å²) in [6.07, 6.45) is 1.16. The van der Waals surface area contributed by atoms with Gasteiger partial charge in [0.25, 0.3) is 5.69 Å². The molecule has 1 unspecified atom stereocenters. The molecule has 0 bridgehead atoms. The van der Waals surface area contributed by atoms with E-state index in [4.69, 9.17) is 4.99 Å². The van der Waals surface area contributed by atoms with Gasteiger partial charge in [-0.15, -0.1) is 0 Å². The molecule has 4 rings (SSSR count). The summed E-state index contributed by atoms with van der Waals surface area (Å²) in [5, 5.41) is 14.3. The predicted octanol–water partition coefficient (Wildman–Crippen LogP) is 3.78. The molecule has 192 valence electrons. The summed E-state index contributed by atoms with van der Waals surface area (Å²) >= 11 is 0. The van der Waals surface area contributed by atoms with Crippen molar-refractivity contribution in [1.29, 1.82) is 0 Å². The first-order valence-electron chi connectivity index (χ1n) is 11.5. The van der Waals surface area contributed by atoms with E-state index in [9.17, 15) is 23.3 Å². The zero-order chi connectivity index (χ0) is 26.7. The summed E-state index contributed by atoms with van der Waals surface area (Å²) < 4.78 is 26.1. The smallest absolute Gasteiger partial charge is 0.270 e. The van der Waals surface area contributed by atoms with Crippen LogP contribution in [-0.2, 0) is 14.8 Å². The van der Waals surface area contributed by atoms with Gasteiger partial charge < -0.3 is 10.2 Å². The van der Waals surface area contributed by atoms with Gasteiger partial charge in [0.15, 0.2) is 0 Å². The first kappa shape index (κ1) is 26.0. The predicted molar refractivity (Wildman–Crippen MR) is 144 cm³/mol. The number of fused-ring (bicyclic) bond motifs is 1. The van der Waals surface area contributed by atoms with Gasteiger partial charge in [0.2, 0.25) is 15.9 Å². The number of benzene rings is 3. The third-order valence-electron chi connectivity index (χ3n) is 5.96. The van der Waals surface area contributed by atoms with Crippen LogP contribution in [0.25, 0.3) is 0 Å². The van der Waals surface area contributed by atoms with Crippen molar-refractivity contribution in [3.63, 3.8) is 0 Å². The van der Waals surface area contributed by atoms with Gasteiger partial charge in [-0.2, -0.15) is 0 Å². The lowest BCUT2D eigenvalue weighted by molar-refractivity contribution is -0.384. The maximum Gasteiger partial charge on any atom is 0.270 e. The second kappa shape index (κ2) is 10.5. The van der Waals surface area contributed by atoms with Crippen LogP contribution in [0.2, 0.25) is 0 Å².